The molecule has 1 heterocycles. The minimum absolute atomic E-state index is 0.192. The van der Waals surface area contributed by atoms with Crippen LogP contribution in [0, 0.1) is 0 Å². The number of hydrogen-bond acceptors (Lipinski definition) is 3. The molecule has 0 aliphatic heterocycles. The molecule has 23 heavy (non-hydrogen) atoms. The van der Waals surface area contributed by atoms with E-state index in [2.05, 4.69) is 22.2 Å². The summed E-state index contributed by atoms with van der Waals surface area (Å²) in [6, 6.07) is 3.65. The number of hydrogen-bond donors (Lipinski definition) is 1. The summed E-state index contributed by atoms with van der Waals surface area (Å²) in [5.41, 5.74) is 3.60. The molecule has 0 aliphatic rings. The highest BCUT2D eigenvalue weighted by molar-refractivity contribution is 6.31. The van der Waals surface area contributed by atoms with E-state index in [0.29, 0.717) is 11.6 Å². The highest BCUT2D eigenvalue weighted by atomic mass is 35.5. The first-order chi connectivity index (χ1) is 11.1. The van der Waals surface area contributed by atoms with E-state index in [1.807, 2.05) is 19.1 Å². The normalized spacial score (nSPS) is 10.4. The van der Waals surface area contributed by atoms with Crippen molar-refractivity contribution in [3.8, 4) is 0 Å². The zero-order valence-electron chi connectivity index (χ0n) is 13.6. The Balaban J connectivity index is 2.18. The first-order valence-corrected chi connectivity index (χ1v) is 8.01. The van der Waals surface area contributed by atoms with Gasteiger partial charge in [0.15, 0.2) is 0 Å². The van der Waals surface area contributed by atoms with Crippen molar-refractivity contribution in [2.45, 2.75) is 33.2 Å². The van der Waals surface area contributed by atoms with Gasteiger partial charge in [0.25, 0.3) is 0 Å². The number of amides is 2. The molecule has 0 radical (unpaired) electrons. The number of nitrogens with zero attached hydrogens (tertiary/aromatic N) is 3. The molecular weight excluding hydrogens is 312 g/mol. The Morgan fingerprint density at radius 1 is 1.26 bits per heavy atom. The summed E-state index contributed by atoms with van der Waals surface area (Å²) < 4.78 is 0. The first kappa shape index (κ1) is 17.2. The van der Waals surface area contributed by atoms with Crippen molar-refractivity contribution in [3.63, 3.8) is 0 Å². The predicted octanol–water partition coefficient (Wildman–Crippen LogP) is 3.92. The lowest BCUT2D eigenvalue weighted by Crippen LogP contribution is -2.32. The summed E-state index contributed by atoms with van der Waals surface area (Å²) in [6.45, 7) is 4.48. The summed E-state index contributed by atoms with van der Waals surface area (Å²) in [7, 11) is 1.73. The van der Waals surface area contributed by atoms with Crippen LogP contribution in [0.25, 0.3) is 0 Å². The fourth-order valence-electron chi connectivity index (χ4n) is 2.40. The van der Waals surface area contributed by atoms with Crippen LogP contribution in [-0.4, -0.2) is 27.9 Å². The SMILES string of the molecule is CCc1ccc(Cl)c(CC)c1NC(=O)N(C)Cc1cnccn1. The van der Waals surface area contributed by atoms with Crippen LogP contribution in [0.15, 0.2) is 30.7 Å². The zero-order valence-corrected chi connectivity index (χ0v) is 14.4. The molecule has 1 aromatic carbocycles. The van der Waals surface area contributed by atoms with Crippen molar-refractivity contribution in [1.29, 1.82) is 0 Å². The number of anilines is 1. The second-order valence-corrected chi connectivity index (χ2v) is 5.66. The van der Waals surface area contributed by atoms with E-state index in [9.17, 15) is 4.79 Å². The van der Waals surface area contributed by atoms with Crippen LogP contribution < -0.4 is 5.32 Å². The number of halogens is 1. The zero-order chi connectivity index (χ0) is 16.8. The third-order valence-corrected chi connectivity index (χ3v) is 4.03. The molecule has 0 bridgehead atoms. The lowest BCUT2D eigenvalue weighted by atomic mass is 10.0. The summed E-state index contributed by atoms with van der Waals surface area (Å²) in [6.07, 6.45) is 6.46. The van der Waals surface area contributed by atoms with Gasteiger partial charge in [-0.25, -0.2) is 4.79 Å². The Morgan fingerprint density at radius 3 is 2.65 bits per heavy atom. The number of carbonyl (C=O) groups is 1. The Labute approximate surface area is 141 Å². The van der Waals surface area contributed by atoms with Gasteiger partial charge in [0, 0.05) is 24.5 Å². The second-order valence-electron chi connectivity index (χ2n) is 5.25. The molecule has 1 N–H and O–H groups in total. The summed E-state index contributed by atoms with van der Waals surface area (Å²) in [5, 5.41) is 3.67. The Kier molecular flexibility index (Phi) is 5.93. The number of benzene rings is 1. The molecule has 2 aromatic rings. The van der Waals surface area contributed by atoms with Crippen molar-refractivity contribution in [3.05, 3.63) is 52.6 Å². The van der Waals surface area contributed by atoms with Gasteiger partial charge in [0.2, 0.25) is 0 Å². The standard InChI is InChI=1S/C17H21ClN4O/c1-4-12-6-7-15(18)14(5-2)16(12)21-17(23)22(3)11-13-10-19-8-9-20-13/h6-10H,4-5,11H2,1-3H3,(H,21,23). The third-order valence-electron chi connectivity index (χ3n) is 3.67. The lowest BCUT2D eigenvalue weighted by Gasteiger charge is -2.21. The van der Waals surface area contributed by atoms with Crippen molar-refractivity contribution in [1.82, 2.24) is 14.9 Å². The molecule has 1 aromatic heterocycles. The van der Waals surface area contributed by atoms with E-state index in [0.717, 1.165) is 35.3 Å². The fraction of sp³-hybridized carbons (Fsp3) is 0.353. The van der Waals surface area contributed by atoms with Gasteiger partial charge >= 0.3 is 6.03 Å². The minimum Gasteiger partial charge on any atom is -0.322 e. The highest BCUT2D eigenvalue weighted by Crippen LogP contribution is 2.29. The summed E-state index contributed by atoms with van der Waals surface area (Å²) in [4.78, 5) is 22.3. The van der Waals surface area contributed by atoms with Gasteiger partial charge in [0.1, 0.15) is 0 Å². The maximum absolute atomic E-state index is 12.5. The van der Waals surface area contributed by atoms with Crippen LogP contribution in [0.4, 0.5) is 10.5 Å². The largest absolute Gasteiger partial charge is 0.322 e. The molecule has 0 fully saturated rings. The van der Waals surface area contributed by atoms with Gasteiger partial charge < -0.3 is 10.2 Å². The average Bonchev–Trinajstić information content (AvgIpc) is 2.56. The van der Waals surface area contributed by atoms with Gasteiger partial charge in [-0.1, -0.05) is 31.5 Å². The molecule has 0 saturated carbocycles. The molecule has 5 nitrogen and oxygen atoms in total. The van der Waals surface area contributed by atoms with Crippen LogP contribution in [0.2, 0.25) is 5.02 Å². The molecule has 122 valence electrons. The Morgan fingerprint density at radius 2 is 2.04 bits per heavy atom. The van der Waals surface area contributed by atoms with Crippen LogP contribution in [0.5, 0.6) is 0 Å². The fourth-order valence-corrected chi connectivity index (χ4v) is 2.69. The molecule has 2 amide bonds. The van der Waals surface area contributed by atoms with E-state index in [-0.39, 0.29) is 6.03 Å². The monoisotopic (exact) mass is 332 g/mol. The molecule has 6 heteroatoms. The maximum atomic E-state index is 12.5. The van der Waals surface area contributed by atoms with Crippen LogP contribution in [0.1, 0.15) is 30.7 Å². The van der Waals surface area contributed by atoms with Crippen LogP contribution in [-0.2, 0) is 19.4 Å². The average molecular weight is 333 g/mol. The first-order valence-electron chi connectivity index (χ1n) is 7.64. The van der Waals surface area contributed by atoms with Crippen LogP contribution >= 0.6 is 11.6 Å². The minimum atomic E-state index is -0.192. The number of nitrogens with one attached hydrogen (secondary N) is 1. The van der Waals surface area contributed by atoms with Crippen molar-refractivity contribution < 1.29 is 4.79 Å². The number of urea groups is 1. The van der Waals surface area contributed by atoms with Crippen molar-refractivity contribution in [2.75, 3.05) is 12.4 Å². The molecular formula is C17H21ClN4O. The van der Waals surface area contributed by atoms with Crippen molar-refractivity contribution >= 4 is 23.3 Å². The van der Waals surface area contributed by atoms with Crippen molar-refractivity contribution in [2.24, 2.45) is 0 Å². The summed E-state index contributed by atoms with van der Waals surface area (Å²) >= 11 is 6.27. The van der Waals surface area contributed by atoms with Gasteiger partial charge in [-0.3, -0.25) is 9.97 Å². The lowest BCUT2D eigenvalue weighted by molar-refractivity contribution is 0.220. The van der Waals surface area contributed by atoms with Crippen LogP contribution in [0.3, 0.4) is 0 Å². The second kappa shape index (κ2) is 7.92. The molecule has 2 rings (SSSR count). The summed E-state index contributed by atoms with van der Waals surface area (Å²) in [5.74, 6) is 0. The predicted molar refractivity (Wildman–Crippen MR) is 92.7 cm³/mol. The topological polar surface area (TPSA) is 58.1 Å². The van der Waals surface area contributed by atoms with Gasteiger partial charge in [-0.15, -0.1) is 0 Å². The van der Waals surface area contributed by atoms with Gasteiger partial charge in [-0.2, -0.15) is 0 Å². The number of aromatic nitrogens is 2. The molecule has 0 unspecified atom stereocenters. The molecule has 0 saturated heterocycles. The number of rotatable bonds is 5. The Bertz CT molecular complexity index is 676. The highest BCUT2D eigenvalue weighted by Gasteiger charge is 2.16. The molecule has 0 spiro atoms. The maximum Gasteiger partial charge on any atom is 0.321 e. The number of carbonyl (C=O) groups excluding carboxylic acids is 1. The van der Waals surface area contributed by atoms with E-state index < -0.39 is 0 Å². The molecule has 0 atom stereocenters. The van der Waals surface area contributed by atoms with Gasteiger partial charge in [0.05, 0.1) is 24.1 Å². The van der Waals surface area contributed by atoms with E-state index in [1.165, 1.54) is 0 Å². The smallest absolute Gasteiger partial charge is 0.321 e. The van der Waals surface area contributed by atoms with E-state index in [4.69, 9.17) is 11.6 Å². The third kappa shape index (κ3) is 4.20. The van der Waals surface area contributed by atoms with E-state index in [1.54, 1.807) is 30.5 Å². The number of aryl methyl sites for hydroxylation is 1. The quantitative estimate of drug-likeness (QED) is 0.902. The van der Waals surface area contributed by atoms with E-state index >= 15 is 0 Å². The van der Waals surface area contributed by atoms with Gasteiger partial charge in [-0.05, 0) is 30.0 Å². The molecule has 0 aliphatic carbocycles. The Hall–Kier alpha value is -2.14.